The normalized spacial score (nSPS) is 10.5. The van der Waals surface area contributed by atoms with E-state index < -0.39 is 4.92 Å². The van der Waals surface area contributed by atoms with Crippen LogP contribution >= 0.6 is 11.6 Å². The van der Waals surface area contributed by atoms with Crippen LogP contribution in [0.4, 0.5) is 5.69 Å². The molecule has 0 saturated heterocycles. The van der Waals surface area contributed by atoms with Crippen LogP contribution in [0.2, 0.25) is 5.28 Å². The highest BCUT2D eigenvalue weighted by molar-refractivity contribution is 6.28. The van der Waals surface area contributed by atoms with Crippen LogP contribution in [0, 0.1) is 17.0 Å². The van der Waals surface area contributed by atoms with Gasteiger partial charge in [0.2, 0.25) is 5.28 Å². The Labute approximate surface area is 101 Å². The molecule has 0 spiro atoms. The third-order valence-electron chi connectivity index (χ3n) is 2.28. The molecule has 0 N–H and O–H groups in total. The fourth-order valence-electron chi connectivity index (χ4n) is 1.54. The fraction of sp³-hybridized carbons (Fsp3) is 0.222. The standard InChI is InChI=1S/C9H8ClN5O2/c1-5-8(15(16)17)7(13-9(10)12-5)6-3-4-11-14(6)2/h3-4H,1-2H3. The Hall–Kier alpha value is -2.02. The smallest absolute Gasteiger partial charge is 0.266 e. The Kier molecular flexibility index (Phi) is 2.76. The fourth-order valence-corrected chi connectivity index (χ4v) is 1.75. The molecule has 2 aromatic rings. The van der Waals surface area contributed by atoms with Crippen molar-refractivity contribution >= 4 is 17.3 Å². The van der Waals surface area contributed by atoms with Crippen molar-refractivity contribution in [2.75, 3.05) is 0 Å². The van der Waals surface area contributed by atoms with Crippen molar-refractivity contribution in [3.8, 4) is 11.4 Å². The van der Waals surface area contributed by atoms with E-state index >= 15 is 0 Å². The number of rotatable bonds is 2. The molecule has 0 aliphatic heterocycles. The molecule has 2 aromatic heterocycles. The summed E-state index contributed by atoms with van der Waals surface area (Å²) in [6, 6.07) is 1.63. The highest BCUT2D eigenvalue weighted by Gasteiger charge is 2.24. The van der Waals surface area contributed by atoms with Gasteiger partial charge >= 0.3 is 5.69 Å². The molecule has 88 valence electrons. The first-order valence-electron chi connectivity index (χ1n) is 4.67. The first-order chi connectivity index (χ1) is 8.00. The summed E-state index contributed by atoms with van der Waals surface area (Å²) in [7, 11) is 1.67. The summed E-state index contributed by atoms with van der Waals surface area (Å²) in [5, 5.41) is 14.9. The number of hydrogen-bond donors (Lipinski definition) is 0. The summed E-state index contributed by atoms with van der Waals surface area (Å²) in [5.74, 6) is 0. The zero-order chi connectivity index (χ0) is 12.6. The highest BCUT2D eigenvalue weighted by Crippen LogP contribution is 2.30. The van der Waals surface area contributed by atoms with Crippen molar-refractivity contribution < 1.29 is 4.92 Å². The van der Waals surface area contributed by atoms with Crippen molar-refractivity contribution in [3.63, 3.8) is 0 Å². The van der Waals surface area contributed by atoms with E-state index in [0.29, 0.717) is 5.69 Å². The minimum absolute atomic E-state index is 0.0238. The Balaban J connectivity index is 2.76. The summed E-state index contributed by atoms with van der Waals surface area (Å²) in [5.41, 5.74) is 0.765. The highest BCUT2D eigenvalue weighted by atomic mass is 35.5. The quantitative estimate of drug-likeness (QED) is 0.462. The van der Waals surface area contributed by atoms with E-state index in [1.807, 2.05) is 0 Å². The van der Waals surface area contributed by atoms with Crippen LogP contribution in [0.1, 0.15) is 5.69 Å². The lowest BCUT2D eigenvalue weighted by Crippen LogP contribution is -2.04. The molecule has 0 aliphatic carbocycles. The molecule has 0 aliphatic rings. The van der Waals surface area contributed by atoms with Crippen molar-refractivity contribution in [2.24, 2.45) is 7.05 Å². The van der Waals surface area contributed by atoms with Crippen molar-refractivity contribution in [3.05, 3.63) is 33.4 Å². The van der Waals surface area contributed by atoms with Gasteiger partial charge in [-0.25, -0.2) is 9.97 Å². The predicted molar refractivity (Wildman–Crippen MR) is 60.6 cm³/mol. The average molecular weight is 254 g/mol. The number of hydrogen-bond acceptors (Lipinski definition) is 5. The monoisotopic (exact) mass is 253 g/mol. The molecule has 0 radical (unpaired) electrons. The molecule has 0 aromatic carbocycles. The first-order valence-corrected chi connectivity index (χ1v) is 5.05. The second-order valence-corrected chi connectivity index (χ2v) is 3.71. The third-order valence-corrected chi connectivity index (χ3v) is 2.45. The molecule has 7 nitrogen and oxygen atoms in total. The van der Waals surface area contributed by atoms with E-state index in [1.54, 1.807) is 13.1 Å². The summed E-state index contributed by atoms with van der Waals surface area (Å²) in [6.45, 7) is 1.52. The largest absolute Gasteiger partial charge is 0.318 e. The molecule has 8 heteroatoms. The molecule has 0 bridgehead atoms. The molecular weight excluding hydrogens is 246 g/mol. The van der Waals surface area contributed by atoms with Gasteiger partial charge < -0.3 is 0 Å². The average Bonchev–Trinajstić information content (AvgIpc) is 2.62. The van der Waals surface area contributed by atoms with Crippen molar-refractivity contribution in [1.82, 2.24) is 19.7 Å². The molecule has 0 unspecified atom stereocenters. The minimum atomic E-state index is -0.520. The first kappa shape index (κ1) is 11.5. The van der Waals surface area contributed by atoms with Crippen LogP contribution in [0.25, 0.3) is 11.4 Å². The number of nitrogens with zero attached hydrogens (tertiary/aromatic N) is 5. The minimum Gasteiger partial charge on any atom is -0.266 e. The lowest BCUT2D eigenvalue weighted by Gasteiger charge is -2.04. The van der Waals surface area contributed by atoms with Crippen LogP contribution in [-0.4, -0.2) is 24.7 Å². The van der Waals surface area contributed by atoms with Crippen molar-refractivity contribution in [1.29, 1.82) is 0 Å². The van der Waals surface area contributed by atoms with Gasteiger partial charge in [0.15, 0.2) is 5.69 Å². The van der Waals surface area contributed by atoms with Gasteiger partial charge in [-0.3, -0.25) is 14.8 Å². The van der Waals surface area contributed by atoms with Gasteiger partial charge in [-0.1, -0.05) is 0 Å². The van der Waals surface area contributed by atoms with Gasteiger partial charge in [0, 0.05) is 13.2 Å². The van der Waals surface area contributed by atoms with E-state index in [4.69, 9.17) is 11.6 Å². The second-order valence-electron chi connectivity index (χ2n) is 3.37. The van der Waals surface area contributed by atoms with Gasteiger partial charge in [-0.2, -0.15) is 5.10 Å². The zero-order valence-electron chi connectivity index (χ0n) is 9.09. The van der Waals surface area contributed by atoms with E-state index in [1.165, 1.54) is 17.8 Å². The number of aryl methyl sites for hydroxylation is 2. The SMILES string of the molecule is Cc1nc(Cl)nc(-c2ccnn2C)c1[N+](=O)[O-]. The van der Waals surface area contributed by atoms with E-state index in [9.17, 15) is 10.1 Å². The summed E-state index contributed by atoms with van der Waals surface area (Å²) >= 11 is 5.72. The number of aromatic nitrogens is 4. The molecule has 17 heavy (non-hydrogen) atoms. The molecule has 0 saturated carbocycles. The number of nitro groups is 1. The molecule has 2 rings (SSSR count). The van der Waals surface area contributed by atoms with Gasteiger partial charge in [0.1, 0.15) is 5.69 Å². The molecule has 0 amide bonds. The van der Waals surface area contributed by atoms with E-state index in [-0.39, 0.29) is 22.4 Å². The van der Waals surface area contributed by atoms with Gasteiger partial charge in [0.25, 0.3) is 0 Å². The lowest BCUT2D eigenvalue weighted by atomic mass is 10.2. The predicted octanol–water partition coefficient (Wildman–Crippen LogP) is 1.75. The Morgan fingerprint density at radius 1 is 1.47 bits per heavy atom. The molecule has 0 fully saturated rings. The van der Waals surface area contributed by atoms with Crippen LogP contribution in [0.15, 0.2) is 12.3 Å². The van der Waals surface area contributed by atoms with Gasteiger partial charge in [-0.05, 0) is 24.6 Å². The molecule has 0 atom stereocenters. The summed E-state index contributed by atoms with van der Waals surface area (Å²) in [4.78, 5) is 18.2. The molecular formula is C9H8ClN5O2. The molecule has 2 heterocycles. The zero-order valence-corrected chi connectivity index (χ0v) is 9.84. The Bertz CT molecular complexity index is 595. The maximum Gasteiger partial charge on any atom is 0.318 e. The maximum atomic E-state index is 11.0. The topological polar surface area (TPSA) is 86.7 Å². The van der Waals surface area contributed by atoms with E-state index in [0.717, 1.165) is 0 Å². The van der Waals surface area contributed by atoms with Gasteiger partial charge in [-0.15, -0.1) is 0 Å². The van der Waals surface area contributed by atoms with Crippen LogP contribution in [0.5, 0.6) is 0 Å². The Morgan fingerprint density at radius 2 is 2.18 bits per heavy atom. The van der Waals surface area contributed by atoms with Crippen molar-refractivity contribution in [2.45, 2.75) is 6.92 Å². The van der Waals surface area contributed by atoms with Gasteiger partial charge in [0.05, 0.1) is 10.6 Å². The van der Waals surface area contributed by atoms with Crippen LogP contribution in [-0.2, 0) is 7.05 Å². The summed E-state index contributed by atoms with van der Waals surface area (Å²) in [6.07, 6.45) is 1.53. The van der Waals surface area contributed by atoms with E-state index in [2.05, 4.69) is 15.1 Å². The summed E-state index contributed by atoms with van der Waals surface area (Å²) < 4.78 is 1.49. The van der Waals surface area contributed by atoms with Crippen LogP contribution in [0.3, 0.4) is 0 Å². The van der Waals surface area contributed by atoms with Crippen LogP contribution < -0.4 is 0 Å². The number of halogens is 1. The second kappa shape index (κ2) is 4.10. The lowest BCUT2D eigenvalue weighted by molar-refractivity contribution is -0.385. The maximum absolute atomic E-state index is 11.0. The Morgan fingerprint density at radius 3 is 2.71 bits per heavy atom. The third kappa shape index (κ3) is 1.96.